The molecule has 11 heteroatoms. The summed E-state index contributed by atoms with van der Waals surface area (Å²) < 4.78 is 51.1. The van der Waals surface area contributed by atoms with Gasteiger partial charge in [0, 0.05) is 37.5 Å². The summed E-state index contributed by atoms with van der Waals surface area (Å²) in [5.74, 6) is 1.51. The van der Waals surface area contributed by atoms with Crippen molar-refractivity contribution in [2.45, 2.75) is 30.7 Å². The summed E-state index contributed by atoms with van der Waals surface area (Å²) in [5.41, 5.74) is 0.0868. The van der Waals surface area contributed by atoms with Crippen molar-refractivity contribution in [2.24, 2.45) is 0 Å². The zero-order valence-corrected chi connectivity index (χ0v) is 20.4. The van der Waals surface area contributed by atoms with Crippen molar-refractivity contribution in [1.82, 2.24) is 14.9 Å². The number of thioether (sulfide) groups is 1. The second-order valence-electron chi connectivity index (χ2n) is 7.26. The van der Waals surface area contributed by atoms with E-state index in [4.69, 9.17) is 9.47 Å². The number of benzene rings is 1. The second-order valence-corrected chi connectivity index (χ2v) is 8.32. The van der Waals surface area contributed by atoms with E-state index in [1.165, 1.54) is 26.4 Å². The third-order valence-corrected chi connectivity index (χ3v) is 5.52. The molecule has 0 aliphatic heterocycles. The number of aromatic nitrogens is 2. The Balaban J connectivity index is 2.41. The smallest absolute Gasteiger partial charge is 0.433 e. The molecule has 0 unspecified atom stereocenters. The van der Waals surface area contributed by atoms with Crippen LogP contribution >= 0.6 is 11.8 Å². The Morgan fingerprint density at radius 1 is 1.11 bits per heavy atom. The van der Waals surface area contributed by atoms with E-state index < -0.39 is 11.9 Å². The molecule has 35 heavy (non-hydrogen) atoms. The van der Waals surface area contributed by atoms with E-state index in [-0.39, 0.29) is 10.9 Å². The molecule has 0 saturated carbocycles. The number of carbonyl (C=O) groups excluding carboxylic acids is 2. The summed E-state index contributed by atoms with van der Waals surface area (Å²) in [4.78, 5) is 31.1. The van der Waals surface area contributed by atoms with Crippen LogP contribution in [-0.4, -0.2) is 54.5 Å². The minimum atomic E-state index is -4.68. The van der Waals surface area contributed by atoms with Crippen LogP contribution in [0.3, 0.4) is 0 Å². The van der Waals surface area contributed by atoms with Gasteiger partial charge in [0.05, 0.1) is 19.9 Å². The summed E-state index contributed by atoms with van der Waals surface area (Å²) in [6.45, 7) is 0.392. The number of unbranched alkanes of at least 4 members (excludes halogenated alkanes) is 1. The minimum absolute atomic E-state index is 0.0162. The molecular formula is C24H26F3N3O4S. The number of rotatable bonds is 13. The predicted molar refractivity (Wildman–Crippen MR) is 127 cm³/mol. The number of halogens is 3. The van der Waals surface area contributed by atoms with Crippen molar-refractivity contribution in [3.8, 4) is 11.5 Å². The Bertz CT molecular complexity index is 1070. The highest BCUT2D eigenvalue weighted by molar-refractivity contribution is 7.99. The first-order valence-electron chi connectivity index (χ1n) is 10.5. The van der Waals surface area contributed by atoms with Crippen LogP contribution in [0.5, 0.6) is 11.5 Å². The van der Waals surface area contributed by atoms with Gasteiger partial charge in [0.15, 0.2) is 16.7 Å². The predicted octanol–water partition coefficient (Wildman–Crippen LogP) is 4.81. The highest BCUT2D eigenvalue weighted by Gasteiger charge is 2.34. The van der Waals surface area contributed by atoms with Gasteiger partial charge in [-0.2, -0.15) is 13.2 Å². The van der Waals surface area contributed by atoms with Gasteiger partial charge in [-0.1, -0.05) is 17.8 Å². The van der Waals surface area contributed by atoms with E-state index in [2.05, 4.69) is 9.97 Å². The molecule has 0 radical (unpaired) electrons. The topological polar surface area (TPSA) is 81.6 Å². The number of methoxy groups -OCH3 is 2. The first-order valence-corrected chi connectivity index (χ1v) is 11.5. The normalized spacial score (nSPS) is 12.0. The molecule has 2 aromatic rings. The summed E-state index contributed by atoms with van der Waals surface area (Å²) in [6, 6.07) is 6.24. The molecule has 0 saturated heterocycles. The van der Waals surface area contributed by atoms with Gasteiger partial charge in [0.1, 0.15) is 18.3 Å². The van der Waals surface area contributed by atoms with Crippen LogP contribution < -0.4 is 9.47 Å². The molecule has 0 N–H and O–H groups in total. The quantitative estimate of drug-likeness (QED) is 0.0950. The van der Waals surface area contributed by atoms with Crippen LogP contribution in [0.25, 0.3) is 5.57 Å². The Kier molecular flexibility index (Phi) is 10.8. The lowest BCUT2D eigenvalue weighted by molar-refractivity contribution is -0.141. The van der Waals surface area contributed by atoms with Gasteiger partial charge in [-0.3, -0.25) is 4.79 Å². The molecule has 0 atom stereocenters. The average molecular weight is 510 g/mol. The van der Waals surface area contributed by atoms with Crippen molar-refractivity contribution in [2.75, 3.05) is 27.0 Å². The lowest BCUT2D eigenvalue weighted by Gasteiger charge is -2.18. The van der Waals surface area contributed by atoms with E-state index in [0.29, 0.717) is 48.5 Å². The van der Waals surface area contributed by atoms with Crippen LogP contribution in [0, 0.1) is 0 Å². The molecule has 1 heterocycles. The molecule has 1 aromatic heterocycles. The van der Waals surface area contributed by atoms with Gasteiger partial charge in [-0.05, 0) is 42.3 Å². The van der Waals surface area contributed by atoms with E-state index in [9.17, 15) is 22.8 Å². The summed E-state index contributed by atoms with van der Waals surface area (Å²) in [7, 11) is 4.80. The third kappa shape index (κ3) is 8.75. The van der Waals surface area contributed by atoms with Crippen molar-refractivity contribution in [1.29, 1.82) is 0 Å². The van der Waals surface area contributed by atoms with E-state index in [1.54, 1.807) is 30.3 Å². The maximum Gasteiger partial charge on any atom is 0.433 e. The van der Waals surface area contributed by atoms with Gasteiger partial charge in [-0.15, -0.1) is 0 Å². The number of nitrogens with zero attached hydrogens (tertiary/aromatic N) is 3. The van der Waals surface area contributed by atoms with Gasteiger partial charge in [0.2, 0.25) is 0 Å². The fraction of sp³-hybridized carbons (Fsp3) is 0.333. The standard InChI is InChI=1S/C24H26F3N3O4S/c1-30(15-17-8-9-20(33-2)21(13-17)34-3)16-18(7-6-11-32)19-14-22(24(25,26)27)29-23(28-19)35-12-5-4-10-31/h6-11,13-14,16H,4-5,12,15H2,1-3H3/b7-6-,18-16?. The summed E-state index contributed by atoms with van der Waals surface area (Å²) in [5, 5.41) is -0.0614. The summed E-state index contributed by atoms with van der Waals surface area (Å²) in [6.07, 6.45) is 1.56. The Morgan fingerprint density at radius 3 is 2.49 bits per heavy atom. The zero-order valence-electron chi connectivity index (χ0n) is 19.5. The van der Waals surface area contributed by atoms with Crippen molar-refractivity contribution in [3.05, 3.63) is 59.6 Å². The van der Waals surface area contributed by atoms with Gasteiger partial charge in [0.25, 0.3) is 0 Å². The monoisotopic (exact) mass is 509 g/mol. The molecule has 0 bridgehead atoms. The molecular weight excluding hydrogens is 483 g/mol. The first kappa shape index (κ1) is 27.9. The molecule has 7 nitrogen and oxygen atoms in total. The van der Waals surface area contributed by atoms with Crippen LogP contribution in [0.2, 0.25) is 0 Å². The zero-order chi connectivity index (χ0) is 25.8. The van der Waals surface area contributed by atoms with Crippen molar-refractivity contribution >= 4 is 29.9 Å². The third-order valence-electron chi connectivity index (χ3n) is 4.58. The molecule has 1 aromatic carbocycles. The van der Waals surface area contributed by atoms with Crippen molar-refractivity contribution < 1.29 is 32.2 Å². The number of hydrogen-bond donors (Lipinski definition) is 0. The molecule has 2 rings (SSSR count). The highest BCUT2D eigenvalue weighted by Crippen LogP contribution is 2.32. The first-order chi connectivity index (χ1) is 16.7. The molecule has 0 spiro atoms. The van der Waals surface area contributed by atoms with Gasteiger partial charge < -0.3 is 19.2 Å². The maximum atomic E-state index is 13.5. The lowest BCUT2D eigenvalue weighted by atomic mass is 10.1. The number of ether oxygens (including phenoxy) is 2. The van der Waals surface area contributed by atoms with E-state index in [0.717, 1.165) is 29.7 Å². The Labute approximate surface area is 206 Å². The summed E-state index contributed by atoms with van der Waals surface area (Å²) >= 11 is 1.03. The lowest BCUT2D eigenvalue weighted by Crippen LogP contribution is -2.13. The van der Waals surface area contributed by atoms with Crippen LogP contribution in [-0.2, 0) is 22.3 Å². The van der Waals surface area contributed by atoms with Crippen LogP contribution in [0.15, 0.2) is 47.8 Å². The molecule has 188 valence electrons. The fourth-order valence-corrected chi connectivity index (χ4v) is 3.82. The van der Waals surface area contributed by atoms with Gasteiger partial charge in [-0.25, -0.2) is 9.97 Å². The number of carbonyl (C=O) groups is 2. The molecule has 0 aliphatic carbocycles. The Hall–Kier alpha value is -3.34. The Morgan fingerprint density at radius 2 is 1.86 bits per heavy atom. The average Bonchev–Trinajstić information content (AvgIpc) is 2.83. The molecule has 0 aliphatic rings. The number of alkyl halides is 3. The largest absolute Gasteiger partial charge is 0.493 e. The van der Waals surface area contributed by atoms with E-state index >= 15 is 0 Å². The molecule has 0 amide bonds. The van der Waals surface area contributed by atoms with Crippen molar-refractivity contribution in [3.63, 3.8) is 0 Å². The minimum Gasteiger partial charge on any atom is -0.493 e. The number of hydrogen-bond acceptors (Lipinski definition) is 8. The number of aldehydes is 2. The van der Waals surface area contributed by atoms with Crippen LogP contribution in [0.4, 0.5) is 13.2 Å². The van der Waals surface area contributed by atoms with Crippen LogP contribution in [0.1, 0.15) is 29.8 Å². The molecule has 0 fully saturated rings. The van der Waals surface area contributed by atoms with Gasteiger partial charge >= 0.3 is 6.18 Å². The fourth-order valence-electron chi connectivity index (χ4n) is 3.00. The van der Waals surface area contributed by atoms with E-state index in [1.807, 2.05) is 6.07 Å². The number of allylic oxidation sites excluding steroid dienone is 3. The highest BCUT2D eigenvalue weighted by atomic mass is 32.2. The second kappa shape index (κ2) is 13.5. The maximum absolute atomic E-state index is 13.5. The SMILES string of the molecule is COc1ccc(CN(C)C=C(/C=C\C=O)c2cc(C(F)(F)F)nc(SCCCC=O)n2)cc1OC.